The zero-order chi connectivity index (χ0) is 42.0. The summed E-state index contributed by atoms with van der Waals surface area (Å²) in [6.45, 7) is 20.9. The molecule has 54 heavy (non-hydrogen) atoms. The SMILES string of the molecule is CC.CC.CCC(C)C1CCN(C(=O)N(C)Cc2cc(C(F)(F)F)cc(C(F)(F)F)c2)C(c2ccc(F)cc2C)C1.CCC1CC1(C=O)CC.CCOC. The molecule has 310 valence electrons. The van der Waals surface area contributed by atoms with Crippen LogP contribution >= 0.6 is 0 Å². The molecule has 5 nitrogen and oxygen atoms in total. The molecule has 1 aliphatic heterocycles. The summed E-state index contributed by atoms with van der Waals surface area (Å²) in [5.74, 6) is 1.01. The van der Waals surface area contributed by atoms with Crippen LogP contribution in [0.1, 0.15) is 135 Å². The fourth-order valence-corrected chi connectivity index (χ4v) is 6.66. The summed E-state index contributed by atoms with van der Waals surface area (Å²) in [4.78, 5) is 26.7. The molecule has 12 heteroatoms. The number of alkyl halides is 6. The topological polar surface area (TPSA) is 49.9 Å². The molecule has 5 unspecified atom stereocenters. The first kappa shape index (κ1) is 50.9. The van der Waals surface area contributed by atoms with Gasteiger partial charge in [0.05, 0.1) is 17.2 Å². The number of carbonyl (C=O) groups is 2. The fraction of sp³-hybridized carbons (Fsp3) is 0.667. The number of halogens is 7. The Bertz CT molecular complexity index is 1360. The standard InChI is InChI=1S/C27H31F7N2O.C8H14O.C3H8O.2C2H6/c1-5-16(2)19-8-9-36(24(13-19)23-7-6-22(28)10-17(23)3)25(37)35(4)15-18-11-20(26(29,30)31)14-21(12-18)27(32,33)34;1-3-7-5-8(7,4-2)6-9;1-3-4-2;2*1-2/h6-7,10-12,14,16,19,24H,5,8-9,13,15H2,1-4H3;6-7H,3-5H2,1-2H3;3H2,1-2H3;2*1-2H3. The molecule has 2 amide bonds. The Morgan fingerprint density at radius 1 is 0.981 bits per heavy atom. The number of aryl methyl sites for hydroxylation is 1. The van der Waals surface area contributed by atoms with Gasteiger partial charge in [-0.1, -0.05) is 74.3 Å². The average molecular weight is 779 g/mol. The van der Waals surface area contributed by atoms with E-state index in [0.29, 0.717) is 54.8 Å². The zero-order valence-corrected chi connectivity index (χ0v) is 34.5. The Morgan fingerprint density at radius 3 is 1.89 bits per heavy atom. The van der Waals surface area contributed by atoms with Crippen LogP contribution in [-0.4, -0.2) is 49.4 Å². The third kappa shape index (κ3) is 14.8. The van der Waals surface area contributed by atoms with Crippen LogP contribution in [0.2, 0.25) is 0 Å². The van der Waals surface area contributed by atoms with Crippen molar-refractivity contribution in [1.82, 2.24) is 9.80 Å². The lowest BCUT2D eigenvalue weighted by Gasteiger charge is -2.43. The van der Waals surface area contributed by atoms with Gasteiger partial charge in [0.1, 0.15) is 12.1 Å². The van der Waals surface area contributed by atoms with E-state index in [2.05, 4.69) is 32.4 Å². The van der Waals surface area contributed by atoms with Crippen LogP contribution in [-0.2, 0) is 28.4 Å². The summed E-state index contributed by atoms with van der Waals surface area (Å²) in [5, 5.41) is 0. The van der Waals surface area contributed by atoms with Crippen molar-refractivity contribution in [2.24, 2.45) is 23.2 Å². The van der Waals surface area contributed by atoms with Gasteiger partial charge in [-0.3, -0.25) is 0 Å². The van der Waals surface area contributed by atoms with E-state index < -0.39 is 47.9 Å². The molecule has 0 spiro atoms. The molecule has 5 atom stereocenters. The number of likely N-dealkylation sites (tertiary alicyclic amines) is 1. The number of piperidine rings is 1. The molecule has 1 saturated heterocycles. The number of hydrogen-bond acceptors (Lipinski definition) is 3. The van der Waals surface area contributed by atoms with E-state index in [4.69, 9.17) is 0 Å². The number of carbonyl (C=O) groups excluding carboxylic acids is 2. The molecular formula is C42H65F7N2O3. The molecule has 0 N–H and O–H groups in total. The molecule has 4 rings (SSSR count). The highest BCUT2D eigenvalue weighted by molar-refractivity contribution is 5.75. The number of methoxy groups -OCH3 is 1. The van der Waals surface area contributed by atoms with Crippen molar-refractivity contribution < 1.29 is 45.1 Å². The van der Waals surface area contributed by atoms with Crippen molar-refractivity contribution >= 4 is 12.3 Å². The second kappa shape index (κ2) is 23.7. The second-order valence-electron chi connectivity index (χ2n) is 13.5. The first-order valence-electron chi connectivity index (χ1n) is 19.3. The Hall–Kier alpha value is -3.15. The number of amides is 2. The number of nitrogens with zero attached hydrogens (tertiary/aromatic N) is 2. The van der Waals surface area contributed by atoms with E-state index in [9.17, 15) is 40.3 Å². The molecule has 1 heterocycles. The summed E-state index contributed by atoms with van der Waals surface area (Å²) >= 11 is 0. The van der Waals surface area contributed by atoms with E-state index in [1.807, 2.05) is 34.6 Å². The number of urea groups is 1. The van der Waals surface area contributed by atoms with Crippen LogP contribution in [0.4, 0.5) is 35.5 Å². The first-order valence-corrected chi connectivity index (χ1v) is 19.3. The highest BCUT2D eigenvalue weighted by Crippen LogP contribution is 2.55. The number of rotatable bonds is 9. The third-order valence-electron chi connectivity index (χ3n) is 10.3. The Morgan fingerprint density at radius 2 is 1.52 bits per heavy atom. The molecule has 2 aromatic rings. The minimum Gasteiger partial charge on any atom is -0.385 e. The van der Waals surface area contributed by atoms with Crippen molar-refractivity contribution in [1.29, 1.82) is 0 Å². The monoisotopic (exact) mass is 778 g/mol. The van der Waals surface area contributed by atoms with Crippen LogP contribution in [0.25, 0.3) is 0 Å². The number of hydrogen-bond donors (Lipinski definition) is 0. The van der Waals surface area contributed by atoms with Crippen LogP contribution in [0.3, 0.4) is 0 Å². The van der Waals surface area contributed by atoms with Gasteiger partial charge in [0.15, 0.2) is 0 Å². The van der Waals surface area contributed by atoms with E-state index in [1.165, 1.54) is 25.6 Å². The Kier molecular flexibility index (Phi) is 22.3. The molecule has 0 aromatic heterocycles. The lowest BCUT2D eigenvalue weighted by atomic mass is 9.78. The molecule has 2 aromatic carbocycles. The minimum absolute atomic E-state index is 0.0678. The molecule has 2 aliphatic rings. The number of benzene rings is 2. The lowest BCUT2D eigenvalue weighted by molar-refractivity contribution is -0.143. The zero-order valence-electron chi connectivity index (χ0n) is 34.5. The molecular weight excluding hydrogens is 713 g/mol. The predicted molar refractivity (Wildman–Crippen MR) is 204 cm³/mol. The summed E-state index contributed by atoms with van der Waals surface area (Å²) in [5.41, 5.74) is -1.56. The van der Waals surface area contributed by atoms with Gasteiger partial charge < -0.3 is 19.3 Å². The predicted octanol–water partition coefficient (Wildman–Crippen LogP) is 12.9. The van der Waals surface area contributed by atoms with Gasteiger partial charge in [-0.05, 0) is 104 Å². The highest BCUT2D eigenvalue weighted by atomic mass is 19.4. The third-order valence-corrected chi connectivity index (χ3v) is 10.3. The minimum atomic E-state index is -4.97. The van der Waals surface area contributed by atoms with Crippen LogP contribution < -0.4 is 0 Å². The van der Waals surface area contributed by atoms with Crippen molar-refractivity contribution in [3.05, 3.63) is 70.0 Å². The smallest absolute Gasteiger partial charge is 0.385 e. The van der Waals surface area contributed by atoms with Gasteiger partial charge >= 0.3 is 18.4 Å². The van der Waals surface area contributed by atoms with E-state index in [-0.39, 0.29) is 17.0 Å². The molecule has 0 radical (unpaired) electrons. The maximum absolute atomic E-state index is 13.8. The molecule has 2 fully saturated rings. The highest BCUT2D eigenvalue weighted by Gasteiger charge is 2.51. The van der Waals surface area contributed by atoms with Crippen molar-refractivity contribution in [3.8, 4) is 0 Å². The quantitative estimate of drug-likeness (QED) is 0.188. The normalized spacial score (nSPS) is 20.9. The van der Waals surface area contributed by atoms with Gasteiger partial charge in [0.25, 0.3) is 0 Å². The summed E-state index contributed by atoms with van der Waals surface area (Å²) in [7, 11) is 3.03. The summed E-state index contributed by atoms with van der Waals surface area (Å²) in [6.07, 6.45) is -3.14. The fourth-order valence-electron chi connectivity index (χ4n) is 6.66. The van der Waals surface area contributed by atoms with Crippen molar-refractivity contribution in [2.75, 3.05) is 27.3 Å². The maximum Gasteiger partial charge on any atom is 0.416 e. The Labute approximate surface area is 320 Å². The second-order valence-corrected chi connectivity index (χ2v) is 13.5. The van der Waals surface area contributed by atoms with Gasteiger partial charge in [-0.2, -0.15) is 26.3 Å². The number of ether oxygens (including phenoxy) is 1. The molecule has 0 bridgehead atoms. The summed E-state index contributed by atoms with van der Waals surface area (Å²) in [6, 6.07) is 4.78. The van der Waals surface area contributed by atoms with Crippen LogP contribution in [0.5, 0.6) is 0 Å². The van der Waals surface area contributed by atoms with Crippen molar-refractivity contribution in [3.63, 3.8) is 0 Å². The Balaban J connectivity index is 0.00000137. The van der Waals surface area contributed by atoms with Crippen LogP contribution in [0, 0.1) is 35.9 Å². The van der Waals surface area contributed by atoms with Crippen LogP contribution in [0.15, 0.2) is 36.4 Å². The van der Waals surface area contributed by atoms with Gasteiger partial charge in [-0.25, -0.2) is 9.18 Å². The molecule has 1 saturated carbocycles. The lowest BCUT2D eigenvalue weighted by Crippen LogP contribution is -2.47. The van der Waals surface area contributed by atoms with E-state index in [0.717, 1.165) is 42.6 Å². The van der Waals surface area contributed by atoms with Gasteiger partial charge in [0.2, 0.25) is 0 Å². The van der Waals surface area contributed by atoms with E-state index in [1.54, 1.807) is 25.0 Å². The maximum atomic E-state index is 13.8. The average Bonchev–Trinajstić information content (AvgIpc) is 3.89. The van der Waals surface area contributed by atoms with E-state index >= 15 is 0 Å². The van der Waals surface area contributed by atoms with Crippen molar-refractivity contribution in [2.45, 2.75) is 133 Å². The van der Waals surface area contributed by atoms with Gasteiger partial charge in [0, 0.05) is 39.3 Å². The van der Waals surface area contributed by atoms with Gasteiger partial charge in [-0.15, -0.1) is 0 Å². The largest absolute Gasteiger partial charge is 0.416 e. The number of aldehydes is 1. The summed E-state index contributed by atoms with van der Waals surface area (Å²) < 4.78 is 98.0. The molecule has 1 aliphatic carbocycles. The first-order chi connectivity index (χ1) is 25.3.